The van der Waals surface area contributed by atoms with E-state index in [2.05, 4.69) is 0 Å². The Balaban J connectivity index is 0.00000166. The molecule has 28 unspecified atom stereocenters. The Labute approximate surface area is 899 Å². The van der Waals surface area contributed by atoms with Gasteiger partial charge in [0.1, 0.15) is 0 Å². The first kappa shape index (κ1) is 142. The average molecular weight is 2080 g/mol. The minimum atomic E-state index is -0.395. The first-order valence-electron chi connectivity index (χ1n) is 54.8. The summed E-state index contributed by atoms with van der Waals surface area (Å²) in [6.45, 7) is 36.0. The largest absolute Gasteiger partial charge is 0.438 e. The topological polar surface area (TPSA) is 249 Å². The fraction of sp³-hybridized carbons (Fsp3) is 0.944. The normalized spacial score (nSPS) is 35.9. The van der Waals surface area contributed by atoms with Crippen molar-refractivity contribution in [3.05, 3.63) is 0 Å². The molecule has 22 aliphatic rings. The number of esters is 7. The monoisotopic (exact) mass is 2080 g/mol. The number of ether oxygens (including phenoxy) is 14. The van der Waals surface area contributed by atoms with E-state index in [-0.39, 0.29) is 216 Å². The Hall–Kier alpha value is -3.99. The number of carbonyl (C=O) groups excluding carboxylic acids is 7. The fourth-order valence-electron chi connectivity index (χ4n) is 30.5. The maximum absolute atomic E-state index is 12.0. The molecule has 0 aromatic carbocycles. The summed E-state index contributed by atoms with van der Waals surface area (Å²) in [6, 6.07) is 0. The lowest BCUT2D eigenvalue weighted by atomic mass is 9.55. The zero-order chi connectivity index (χ0) is 94.2. The molecule has 0 aliphatic heterocycles. The van der Waals surface area contributed by atoms with Crippen LogP contribution < -0.4 is 0 Å². The zero-order valence-electron chi connectivity index (χ0n) is 85.3. The average Bonchev–Trinajstić information content (AvgIpc) is 1.56. The Morgan fingerprint density at radius 3 is 0.753 bits per heavy atom. The van der Waals surface area contributed by atoms with Crippen LogP contribution in [0.1, 0.15) is 479 Å². The van der Waals surface area contributed by atoms with Crippen LogP contribution in [-0.2, 0) is 99.9 Å². The minimum absolute atomic E-state index is 0. The van der Waals surface area contributed by atoms with Gasteiger partial charge in [-0.05, 0) is 453 Å². The number of hydrogen-bond acceptors (Lipinski definition) is 21. The van der Waals surface area contributed by atoms with Gasteiger partial charge in [-0.1, -0.05) is 180 Å². The van der Waals surface area contributed by atoms with Crippen molar-refractivity contribution in [3.63, 3.8) is 0 Å². The Morgan fingerprint density at radius 2 is 0.479 bits per heavy atom. The third-order valence-corrected chi connectivity index (χ3v) is 39.5. The van der Waals surface area contributed by atoms with E-state index < -0.39 is 16.2 Å². The lowest BCUT2D eigenvalue weighted by molar-refractivity contribution is -0.193. The molecule has 0 saturated heterocycles. The van der Waals surface area contributed by atoms with E-state index in [0.717, 1.165) is 199 Å². The van der Waals surface area contributed by atoms with Crippen molar-refractivity contribution in [1.29, 1.82) is 0 Å². The van der Waals surface area contributed by atoms with Crippen molar-refractivity contribution in [2.45, 2.75) is 528 Å². The van der Waals surface area contributed by atoms with Crippen molar-refractivity contribution >= 4 is 41.8 Å². The molecular formula is C125H238O21. The molecule has 21 nitrogen and oxygen atoms in total. The number of carbonyl (C=O) groups is 7. The fourth-order valence-corrected chi connectivity index (χ4v) is 30.5. The lowest BCUT2D eigenvalue weighted by Crippen LogP contribution is -2.49. The van der Waals surface area contributed by atoms with Gasteiger partial charge in [0.2, 0.25) is 0 Å². The maximum atomic E-state index is 12.0. The standard InChI is InChI=1S/C19H30O3.C18H28O3.C17H28O3.C16H26O3.2C14H24O3.C13H22O3.14CH4/c1-4-19(2,3)18(20)22-10-21-15-9-13-8-14(15)17-12-6-5-11(7-12)16(13)17;1-3-10(2)18(19)21-9-20-15-8-13-7-14(15)17-12-5-4-11(6-12)16(13)17;1-4-17(2,3)16(18)20-10-19-15-13-6-11-5-12(8-13)9-14(15)7-11;1-3-10(2)16(17)19-9-18-15-13-5-11-4-12(7-13)8-14(15)6-11;1-4-14(2,3)13(15)17-9-16-12-8-10-5-6-11(12)7-10;1-4-9(2)14(15)17-10(3)16-13-8-11-5-6-12(13)7-11;1-3-9(2)13(14)16-8-15-12-7-10-4-5-11(12)6-10;;;;;;;;;;;;;;/h11-17H,4-10H2,1-3H3;10-17H,3-9H2,1-2H3;11-15H,4-10H2,1-3H3;10-15H,3-9H2,1-2H3;10-12H,4-9H2,1-3H3;9-13H,4-8H2,1-3H3;9-12H,3-8H2,1-2H3;14*1H4. The highest BCUT2D eigenvalue weighted by atomic mass is 16.7. The first-order chi connectivity index (χ1) is 63.2. The van der Waals surface area contributed by atoms with Gasteiger partial charge < -0.3 is 66.3 Å². The summed E-state index contributed by atoms with van der Waals surface area (Å²) >= 11 is 0. The van der Waals surface area contributed by atoms with Gasteiger partial charge in [0, 0.05) is 0 Å². The molecule has 22 bridgehead atoms. The van der Waals surface area contributed by atoms with E-state index in [1.807, 2.05) is 125 Å². The summed E-state index contributed by atoms with van der Waals surface area (Å²) < 4.78 is 78.0. The zero-order valence-corrected chi connectivity index (χ0v) is 85.3. The Morgan fingerprint density at radius 1 is 0.233 bits per heavy atom. The van der Waals surface area contributed by atoms with Gasteiger partial charge in [0.25, 0.3) is 0 Å². The molecule has 0 heterocycles. The van der Waals surface area contributed by atoms with E-state index in [1.54, 1.807) is 0 Å². The van der Waals surface area contributed by atoms with Crippen LogP contribution in [0, 0.1) is 194 Å². The van der Waals surface area contributed by atoms with Gasteiger partial charge >= 0.3 is 41.8 Å². The van der Waals surface area contributed by atoms with Crippen LogP contribution in [-0.4, -0.2) is 132 Å². The maximum Gasteiger partial charge on any atom is 0.313 e. The minimum Gasteiger partial charge on any atom is -0.438 e. The van der Waals surface area contributed by atoms with E-state index in [1.165, 1.54) is 199 Å². The number of hydrogen-bond donors (Lipinski definition) is 0. The molecule has 0 aromatic rings. The van der Waals surface area contributed by atoms with E-state index in [0.29, 0.717) is 48.6 Å². The van der Waals surface area contributed by atoms with E-state index in [9.17, 15) is 33.6 Å². The van der Waals surface area contributed by atoms with Gasteiger partial charge in [0.15, 0.2) is 47.0 Å². The summed E-state index contributed by atoms with van der Waals surface area (Å²) in [5.74, 6) is 21.9. The van der Waals surface area contributed by atoms with Crippen molar-refractivity contribution in [3.8, 4) is 0 Å². The summed E-state index contributed by atoms with van der Waals surface area (Å²) in [4.78, 5) is 82.0. The SMILES string of the molecule is C.C.C.C.C.C.C.C.C.C.C.C.C.C.CCC(C)(C)C(=O)OCOC1C2CC3CC(C2)CC1C3.CCC(C)(C)C(=O)OCOC1CC2CC1C1C3CCC(C3)C21.CCC(C)(C)C(=O)OCOC1CC2CCC1C2.CCC(C)C(=O)OC(C)OC1CC2CCC1C2.CCC(C)C(=O)OCOC1C2CC3CC(C2)CC1C3.CCC(C)C(=O)OCOC1CC2CC1C1C3CCC(C3)C21.CCC(C)C(=O)OCOC1CC2CCC1C2. The molecule has 22 saturated carbocycles. The highest BCUT2D eigenvalue weighted by Gasteiger charge is 2.65. The smallest absolute Gasteiger partial charge is 0.313 e. The van der Waals surface area contributed by atoms with Crippen molar-refractivity contribution in [1.82, 2.24) is 0 Å². The molecule has 28 atom stereocenters. The van der Waals surface area contributed by atoms with Gasteiger partial charge in [-0.3, -0.25) is 33.6 Å². The third kappa shape index (κ3) is 34.5. The van der Waals surface area contributed by atoms with Crippen LogP contribution >= 0.6 is 0 Å². The van der Waals surface area contributed by atoms with Crippen LogP contribution in [0.4, 0.5) is 0 Å². The molecule has 22 rings (SSSR count). The van der Waals surface area contributed by atoms with Crippen LogP contribution in [0.2, 0.25) is 0 Å². The molecular weight excluding hydrogens is 1840 g/mol. The molecule has 0 spiro atoms. The summed E-state index contributed by atoms with van der Waals surface area (Å²) in [5, 5.41) is 0. The highest BCUT2D eigenvalue weighted by Crippen LogP contribution is 2.70. The van der Waals surface area contributed by atoms with Crippen LogP contribution in [0.5, 0.6) is 0 Å². The predicted molar refractivity (Wildman–Crippen MR) is 598 cm³/mol. The van der Waals surface area contributed by atoms with Crippen LogP contribution in [0.25, 0.3) is 0 Å². The van der Waals surface area contributed by atoms with E-state index >= 15 is 0 Å². The van der Waals surface area contributed by atoms with Gasteiger partial charge in [0.05, 0.1) is 82.6 Å². The quantitative estimate of drug-likeness (QED) is 0.0247. The van der Waals surface area contributed by atoms with Crippen molar-refractivity contribution < 1.29 is 99.9 Å². The molecule has 22 aliphatic carbocycles. The van der Waals surface area contributed by atoms with Gasteiger partial charge in [-0.2, -0.15) is 0 Å². The first-order valence-corrected chi connectivity index (χ1v) is 54.8. The molecule has 0 radical (unpaired) electrons. The lowest BCUT2D eigenvalue weighted by Gasteiger charge is -2.53. The molecule has 0 aromatic heterocycles. The van der Waals surface area contributed by atoms with Crippen LogP contribution in [0.15, 0.2) is 0 Å². The second kappa shape index (κ2) is 63.9. The van der Waals surface area contributed by atoms with Gasteiger partial charge in [-0.15, -0.1) is 0 Å². The second-order valence-electron chi connectivity index (χ2n) is 48.8. The Bertz CT molecular complexity index is 3650. The van der Waals surface area contributed by atoms with Crippen molar-refractivity contribution in [2.75, 3.05) is 40.8 Å². The molecule has 22 fully saturated rings. The number of fused-ring (bicyclic) bond motifs is 24. The van der Waals surface area contributed by atoms with Crippen molar-refractivity contribution in [2.24, 2.45) is 194 Å². The Kier molecular flexibility index (Phi) is 62.1. The predicted octanol–water partition coefficient (Wildman–Crippen LogP) is 32.7. The summed E-state index contributed by atoms with van der Waals surface area (Å²) in [5.41, 5.74) is -1.18. The molecule has 21 heteroatoms. The molecule has 864 valence electrons. The molecule has 146 heavy (non-hydrogen) atoms. The van der Waals surface area contributed by atoms with Crippen LogP contribution in [0.3, 0.4) is 0 Å². The molecule has 0 amide bonds. The van der Waals surface area contributed by atoms with Gasteiger partial charge in [-0.25, -0.2) is 0 Å². The number of rotatable bonds is 35. The second-order valence-corrected chi connectivity index (χ2v) is 48.8. The third-order valence-electron chi connectivity index (χ3n) is 39.5. The highest BCUT2D eigenvalue weighted by molar-refractivity contribution is 5.77. The molecule has 0 N–H and O–H groups in total. The summed E-state index contributed by atoms with van der Waals surface area (Å²) in [7, 11) is 0. The van der Waals surface area contributed by atoms with E-state index in [4.69, 9.17) is 66.3 Å². The summed E-state index contributed by atoms with van der Waals surface area (Å²) in [6.07, 6.45) is 50.9.